The molecule has 0 aliphatic heterocycles. The highest BCUT2D eigenvalue weighted by Gasteiger charge is 2.17. The fraction of sp³-hybridized carbons (Fsp3) is 0.800. The van der Waals surface area contributed by atoms with Gasteiger partial charge in [0.1, 0.15) is 0 Å². The Kier molecular flexibility index (Phi) is 4.63. The van der Waals surface area contributed by atoms with Crippen LogP contribution in [0.25, 0.3) is 0 Å². The molecule has 2 N–H and O–H groups in total. The molecule has 0 fully saturated rings. The largest absolute Gasteiger partial charge is 0.311 e. The van der Waals surface area contributed by atoms with Gasteiger partial charge in [0.2, 0.25) is 0 Å². The number of aromatic nitrogens is 2. The van der Waals surface area contributed by atoms with Crippen LogP contribution in [0, 0.1) is 0 Å². The maximum atomic E-state index is 4.51. The lowest BCUT2D eigenvalue weighted by atomic mass is 9.96. The second-order valence-electron chi connectivity index (χ2n) is 6.75. The van der Waals surface area contributed by atoms with Gasteiger partial charge in [0.05, 0.1) is 5.69 Å². The van der Waals surface area contributed by atoms with E-state index < -0.39 is 0 Å². The molecule has 4 nitrogen and oxygen atoms in total. The van der Waals surface area contributed by atoms with E-state index in [1.54, 1.807) is 0 Å². The van der Waals surface area contributed by atoms with Crippen molar-refractivity contribution in [2.45, 2.75) is 58.5 Å². The van der Waals surface area contributed by atoms with Crippen LogP contribution in [0.3, 0.4) is 0 Å². The van der Waals surface area contributed by atoms with E-state index in [1.165, 1.54) is 42.6 Å². The van der Waals surface area contributed by atoms with E-state index in [-0.39, 0.29) is 5.54 Å². The van der Waals surface area contributed by atoms with Gasteiger partial charge in [-0.05, 0) is 59.1 Å². The van der Waals surface area contributed by atoms with Gasteiger partial charge in [-0.25, -0.2) is 0 Å². The Balaban J connectivity index is 1.82. The molecule has 0 atom stereocenters. The normalized spacial score (nSPS) is 15.8. The third kappa shape index (κ3) is 4.32. The number of fused-ring (bicyclic) bond motifs is 1. The van der Waals surface area contributed by atoms with Gasteiger partial charge in [-0.2, -0.15) is 5.10 Å². The molecule has 1 aliphatic rings. The molecule has 1 aromatic rings. The Morgan fingerprint density at radius 3 is 2.74 bits per heavy atom. The summed E-state index contributed by atoms with van der Waals surface area (Å²) in [6.07, 6.45) is 5.00. The van der Waals surface area contributed by atoms with Gasteiger partial charge in [-0.1, -0.05) is 0 Å². The number of hydrogen-bond acceptors (Lipinski definition) is 3. The van der Waals surface area contributed by atoms with E-state index in [0.29, 0.717) is 0 Å². The summed E-state index contributed by atoms with van der Waals surface area (Å²) in [5.74, 6) is 0. The molecule has 1 aliphatic carbocycles. The topological polar surface area (TPSA) is 44.0 Å². The van der Waals surface area contributed by atoms with Crippen molar-refractivity contribution in [3.63, 3.8) is 0 Å². The summed E-state index contributed by atoms with van der Waals surface area (Å²) in [5, 5.41) is 11.3. The van der Waals surface area contributed by atoms with Crippen LogP contribution in [0.1, 0.15) is 50.6 Å². The monoisotopic (exact) mass is 264 g/mol. The summed E-state index contributed by atoms with van der Waals surface area (Å²) in [4.78, 5) is 2.35. The van der Waals surface area contributed by atoms with Crippen molar-refractivity contribution in [1.29, 1.82) is 0 Å². The Bertz CT molecular complexity index is 403. The smallest absolute Gasteiger partial charge is 0.0796 e. The van der Waals surface area contributed by atoms with Gasteiger partial charge in [-0.15, -0.1) is 0 Å². The predicted octanol–water partition coefficient (Wildman–Crippen LogP) is 2.11. The quantitative estimate of drug-likeness (QED) is 0.856. The molecule has 0 saturated heterocycles. The molecular weight excluding hydrogens is 236 g/mol. The number of hydrogen-bond donors (Lipinski definition) is 2. The third-order valence-electron chi connectivity index (χ3n) is 3.71. The van der Waals surface area contributed by atoms with Crippen LogP contribution in [0.2, 0.25) is 0 Å². The molecule has 0 spiro atoms. The van der Waals surface area contributed by atoms with Crippen molar-refractivity contribution >= 4 is 0 Å². The standard InChI is InChI=1S/C15H28N4/c1-15(2,3)16-9-10-19(4)11-14-12-7-5-6-8-13(12)17-18-14/h16H,5-11H2,1-4H3,(H,17,18). The van der Waals surface area contributed by atoms with Crippen LogP contribution in [0.15, 0.2) is 0 Å². The Morgan fingerprint density at radius 2 is 2.00 bits per heavy atom. The van der Waals surface area contributed by atoms with E-state index in [0.717, 1.165) is 19.6 Å². The number of rotatable bonds is 5. The van der Waals surface area contributed by atoms with Crippen molar-refractivity contribution < 1.29 is 0 Å². The van der Waals surface area contributed by atoms with E-state index in [4.69, 9.17) is 0 Å². The third-order valence-corrected chi connectivity index (χ3v) is 3.71. The number of likely N-dealkylation sites (N-methyl/N-ethyl adjacent to an activating group) is 1. The number of nitrogens with one attached hydrogen (secondary N) is 2. The van der Waals surface area contributed by atoms with Crippen LogP contribution in [0.5, 0.6) is 0 Å². The van der Waals surface area contributed by atoms with Crippen molar-refractivity contribution in [2.75, 3.05) is 20.1 Å². The molecule has 1 aromatic heterocycles. The molecule has 19 heavy (non-hydrogen) atoms. The first-order valence-electron chi connectivity index (χ1n) is 7.44. The second-order valence-corrected chi connectivity index (χ2v) is 6.75. The summed E-state index contributed by atoms with van der Waals surface area (Å²) < 4.78 is 0. The van der Waals surface area contributed by atoms with Gasteiger partial charge in [0.15, 0.2) is 0 Å². The maximum Gasteiger partial charge on any atom is 0.0796 e. The van der Waals surface area contributed by atoms with Gasteiger partial charge < -0.3 is 5.32 Å². The van der Waals surface area contributed by atoms with E-state index in [2.05, 4.69) is 48.2 Å². The fourth-order valence-electron chi connectivity index (χ4n) is 2.64. The van der Waals surface area contributed by atoms with Crippen LogP contribution in [0.4, 0.5) is 0 Å². The zero-order valence-electron chi connectivity index (χ0n) is 12.8. The van der Waals surface area contributed by atoms with Gasteiger partial charge >= 0.3 is 0 Å². The zero-order chi connectivity index (χ0) is 13.9. The second kappa shape index (κ2) is 6.06. The number of aromatic amines is 1. The number of H-pyrrole nitrogens is 1. The van der Waals surface area contributed by atoms with Gasteiger partial charge in [0, 0.05) is 30.9 Å². The van der Waals surface area contributed by atoms with Crippen LogP contribution in [-0.4, -0.2) is 40.8 Å². The molecule has 1 heterocycles. The molecule has 4 heteroatoms. The SMILES string of the molecule is CN(CCNC(C)(C)C)Cc1n[nH]c2c1CCCC2. The van der Waals surface area contributed by atoms with Crippen molar-refractivity contribution in [2.24, 2.45) is 0 Å². The Labute approximate surface area is 117 Å². The summed E-state index contributed by atoms with van der Waals surface area (Å²) in [5.41, 5.74) is 4.32. The van der Waals surface area contributed by atoms with E-state index in [9.17, 15) is 0 Å². The van der Waals surface area contributed by atoms with E-state index in [1.807, 2.05) is 0 Å². The van der Waals surface area contributed by atoms with Crippen molar-refractivity contribution in [1.82, 2.24) is 20.4 Å². The lowest BCUT2D eigenvalue weighted by molar-refractivity contribution is 0.299. The first-order valence-corrected chi connectivity index (χ1v) is 7.44. The Morgan fingerprint density at radius 1 is 1.26 bits per heavy atom. The molecule has 0 aromatic carbocycles. The summed E-state index contributed by atoms with van der Waals surface area (Å²) in [6.45, 7) is 9.65. The van der Waals surface area contributed by atoms with E-state index >= 15 is 0 Å². The van der Waals surface area contributed by atoms with Crippen LogP contribution >= 0.6 is 0 Å². The summed E-state index contributed by atoms with van der Waals surface area (Å²) in [7, 11) is 2.17. The minimum Gasteiger partial charge on any atom is -0.311 e. The highest BCUT2D eigenvalue weighted by Crippen LogP contribution is 2.22. The summed E-state index contributed by atoms with van der Waals surface area (Å²) in [6, 6.07) is 0. The minimum absolute atomic E-state index is 0.201. The average Bonchev–Trinajstić information content (AvgIpc) is 2.71. The van der Waals surface area contributed by atoms with Crippen molar-refractivity contribution in [3.05, 3.63) is 17.0 Å². The lowest BCUT2D eigenvalue weighted by Gasteiger charge is -2.23. The molecular formula is C15H28N4. The summed E-state index contributed by atoms with van der Waals surface area (Å²) >= 11 is 0. The first kappa shape index (κ1) is 14.5. The lowest BCUT2D eigenvalue weighted by Crippen LogP contribution is -2.40. The minimum atomic E-state index is 0.201. The van der Waals surface area contributed by atoms with Crippen LogP contribution in [-0.2, 0) is 19.4 Å². The van der Waals surface area contributed by atoms with Crippen LogP contribution < -0.4 is 5.32 Å². The van der Waals surface area contributed by atoms with Gasteiger partial charge in [0.25, 0.3) is 0 Å². The molecule has 108 valence electrons. The highest BCUT2D eigenvalue weighted by atomic mass is 15.2. The fourth-order valence-corrected chi connectivity index (χ4v) is 2.64. The Hall–Kier alpha value is -0.870. The molecule has 0 unspecified atom stereocenters. The number of nitrogens with zero attached hydrogens (tertiary/aromatic N) is 2. The highest BCUT2D eigenvalue weighted by molar-refractivity contribution is 5.27. The molecule has 0 radical (unpaired) electrons. The molecule has 0 saturated carbocycles. The number of aryl methyl sites for hydroxylation is 1. The van der Waals surface area contributed by atoms with Gasteiger partial charge in [-0.3, -0.25) is 10.00 Å². The van der Waals surface area contributed by atoms with Crippen molar-refractivity contribution in [3.8, 4) is 0 Å². The molecule has 2 rings (SSSR count). The average molecular weight is 264 g/mol. The predicted molar refractivity (Wildman–Crippen MR) is 79.3 cm³/mol. The molecule has 0 amide bonds. The first-order chi connectivity index (χ1) is 8.96. The maximum absolute atomic E-state index is 4.51. The molecule has 0 bridgehead atoms. The zero-order valence-corrected chi connectivity index (χ0v) is 12.8.